The number of halogens is 1. The quantitative estimate of drug-likeness (QED) is 0.848. The van der Waals surface area contributed by atoms with Gasteiger partial charge >= 0.3 is 0 Å². The molecule has 100 valence electrons. The molecule has 6 heteroatoms. The highest BCUT2D eigenvalue weighted by Crippen LogP contribution is 2.29. The molecule has 4 nitrogen and oxygen atoms in total. The monoisotopic (exact) mass is 280 g/mol. The number of nitrogens with one attached hydrogen (secondary N) is 1. The molecule has 0 bridgehead atoms. The van der Waals surface area contributed by atoms with Crippen molar-refractivity contribution in [3.63, 3.8) is 0 Å². The molecule has 2 rings (SSSR count). The molecule has 0 saturated carbocycles. The van der Waals surface area contributed by atoms with Crippen molar-refractivity contribution in [3.8, 4) is 0 Å². The molecule has 0 aliphatic rings. The van der Waals surface area contributed by atoms with Gasteiger partial charge in [-0.15, -0.1) is 0 Å². The molecule has 0 aromatic heterocycles. The number of benzene rings is 2. The lowest BCUT2D eigenvalue weighted by Gasteiger charge is -2.12. The zero-order chi connectivity index (χ0) is 14.0. The van der Waals surface area contributed by atoms with Crippen molar-refractivity contribution in [1.29, 1.82) is 0 Å². The summed E-state index contributed by atoms with van der Waals surface area (Å²) >= 11 is 0. The van der Waals surface area contributed by atoms with Crippen molar-refractivity contribution in [2.75, 3.05) is 17.3 Å². The second kappa shape index (κ2) is 4.89. The Hall–Kier alpha value is -2.08. The van der Waals surface area contributed by atoms with Gasteiger partial charge in [0.05, 0.1) is 16.3 Å². The summed E-state index contributed by atoms with van der Waals surface area (Å²) in [6.07, 6.45) is 1.10. The fourth-order valence-corrected chi connectivity index (χ4v) is 2.50. The van der Waals surface area contributed by atoms with Gasteiger partial charge in [-0.3, -0.25) is 0 Å². The number of hydrogen-bond acceptors (Lipinski definition) is 4. The van der Waals surface area contributed by atoms with Crippen molar-refractivity contribution < 1.29 is 12.8 Å². The molecular formula is C13H13FN2O2S. The zero-order valence-corrected chi connectivity index (χ0v) is 11.0. The molecular weight excluding hydrogens is 267 g/mol. The topological polar surface area (TPSA) is 72.2 Å². The first-order valence-corrected chi connectivity index (χ1v) is 7.38. The fourth-order valence-electron chi connectivity index (χ4n) is 1.67. The van der Waals surface area contributed by atoms with Gasteiger partial charge in [0, 0.05) is 11.9 Å². The Morgan fingerprint density at radius 2 is 1.74 bits per heavy atom. The third-order valence-electron chi connectivity index (χ3n) is 2.59. The minimum absolute atomic E-state index is 0.0691. The lowest BCUT2D eigenvalue weighted by molar-refractivity contribution is 0.602. The lowest BCUT2D eigenvalue weighted by Crippen LogP contribution is -2.05. The fraction of sp³-hybridized carbons (Fsp3) is 0.0769. The third kappa shape index (κ3) is 3.03. The van der Waals surface area contributed by atoms with Crippen LogP contribution in [0.4, 0.5) is 21.5 Å². The van der Waals surface area contributed by atoms with E-state index in [0.29, 0.717) is 11.4 Å². The number of sulfone groups is 1. The van der Waals surface area contributed by atoms with Crippen LogP contribution in [0.15, 0.2) is 47.4 Å². The first-order chi connectivity index (χ1) is 8.88. The lowest BCUT2D eigenvalue weighted by atomic mass is 10.2. The number of rotatable bonds is 3. The molecule has 0 atom stereocenters. The first-order valence-electron chi connectivity index (χ1n) is 5.49. The van der Waals surface area contributed by atoms with E-state index in [-0.39, 0.29) is 16.4 Å². The Labute approximate surface area is 111 Å². The normalized spacial score (nSPS) is 11.3. The summed E-state index contributed by atoms with van der Waals surface area (Å²) in [5.74, 6) is -0.344. The van der Waals surface area contributed by atoms with Crippen molar-refractivity contribution in [2.24, 2.45) is 0 Å². The van der Waals surface area contributed by atoms with Gasteiger partial charge in [-0.05, 0) is 36.4 Å². The van der Waals surface area contributed by atoms with Crippen LogP contribution in [0.5, 0.6) is 0 Å². The van der Waals surface area contributed by atoms with Crippen LogP contribution < -0.4 is 11.1 Å². The van der Waals surface area contributed by atoms with Crippen LogP contribution in [0.1, 0.15) is 0 Å². The molecule has 0 aliphatic carbocycles. The van der Waals surface area contributed by atoms with E-state index in [1.54, 1.807) is 24.3 Å². The summed E-state index contributed by atoms with van der Waals surface area (Å²) in [6, 6.07) is 10.4. The zero-order valence-electron chi connectivity index (χ0n) is 10.2. The highest BCUT2D eigenvalue weighted by atomic mass is 32.2. The Balaban J connectivity index is 2.39. The number of hydrogen-bond donors (Lipinski definition) is 2. The van der Waals surface area contributed by atoms with Crippen molar-refractivity contribution >= 4 is 26.9 Å². The van der Waals surface area contributed by atoms with Crippen molar-refractivity contribution in [1.82, 2.24) is 0 Å². The maximum absolute atomic E-state index is 12.8. The van der Waals surface area contributed by atoms with Crippen LogP contribution in [0.25, 0.3) is 0 Å². The minimum Gasteiger partial charge on any atom is -0.396 e. The average Bonchev–Trinajstić information content (AvgIpc) is 2.33. The molecule has 2 aromatic carbocycles. The van der Waals surface area contributed by atoms with E-state index in [0.717, 1.165) is 6.26 Å². The Kier molecular flexibility index (Phi) is 3.44. The van der Waals surface area contributed by atoms with Crippen LogP contribution >= 0.6 is 0 Å². The SMILES string of the molecule is CS(=O)(=O)c1cccc(Nc2ccc(F)cc2)c1N. The van der Waals surface area contributed by atoms with Crippen LogP contribution in [-0.2, 0) is 9.84 Å². The predicted octanol–water partition coefficient (Wildman–Crippen LogP) is 2.55. The number of nitrogens with two attached hydrogens (primary N) is 1. The van der Waals surface area contributed by atoms with Gasteiger partial charge < -0.3 is 11.1 Å². The van der Waals surface area contributed by atoms with Crippen LogP contribution in [-0.4, -0.2) is 14.7 Å². The smallest absolute Gasteiger partial charge is 0.177 e. The molecule has 0 amide bonds. The molecule has 0 heterocycles. The Bertz CT molecular complexity index is 697. The van der Waals surface area contributed by atoms with Crippen LogP contribution in [0.2, 0.25) is 0 Å². The minimum atomic E-state index is -3.38. The average molecular weight is 280 g/mol. The standard InChI is InChI=1S/C13H13FN2O2S/c1-19(17,18)12-4-2-3-11(13(12)15)16-10-7-5-9(14)6-8-10/h2-8,16H,15H2,1H3. The molecule has 0 radical (unpaired) electrons. The molecule has 0 spiro atoms. The molecule has 0 unspecified atom stereocenters. The van der Waals surface area contributed by atoms with Gasteiger partial charge in [-0.2, -0.15) is 0 Å². The maximum atomic E-state index is 12.8. The first kappa shape index (κ1) is 13.4. The van der Waals surface area contributed by atoms with Crippen LogP contribution in [0.3, 0.4) is 0 Å². The summed E-state index contributed by atoms with van der Waals surface area (Å²) in [4.78, 5) is 0.0691. The Morgan fingerprint density at radius 1 is 1.11 bits per heavy atom. The summed E-state index contributed by atoms with van der Waals surface area (Å²) in [6.45, 7) is 0. The van der Waals surface area contributed by atoms with E-state index in [1.165, 1.54) is 18.2 Å². The van der Waals surface area contributed by atoms with E-state index in [1.807, 2.05) is 0 Å². The second-order valence-electron chi connectivity index (χ2n) is 4.12. The van der Waals surface area contributed by atoms with E-state index in [2.05, 4.69) is 5.32 Å². The third-order valence-corrected chi connectivity index (χ3v) is 3.74. The van der Waals surface area contributed by atoms with Gasteiger partial charge in [-0.25, -0.2) is 12.8 Å². The summed E-state index contributed by atoms with van der Waals surface area (Å²) < 4.78 is 35.9. The number of nitrogen functional groups attached to an aromatic ring is 1. The highest BCUT2D eigenvalue weighted by molar-refractivity contribution is 7.90. The number of anilines is 3. The molecule has 0 aliphatic heterocycles. The molecule has 19 heavy (non-hydrogen) atoms. The maximum Gasteiger partial charge on any atom is 0.177 e. The van der Waals surface area contributed by atoms with Gasteiger partial charge in [-0.1, -0.05) is 6.07 Å². The molecule has 0 saturated heterocycles. The van der Waals surface area contributed by atoms with Gasteiger partial charge in [0.25, 0.3) is 0 Å². The van der Waals surface area contributed by atoms with Gasteiger partial charge in [0.15, 0.2) is 9.84 Å². The largest absolute Gasteiger partial charge is 0.396 e. The summed E-state index contributed by atoms with van der Waals surface area (Å²) in [5, 5.41) is 2.96. The predicted molar refractivity (Wildman–Crippen MR) is 73.6 cm³/mol. The molecule has 3 N–H and O–H groups in total. The van der Waals surface area contributed by atoms with Crippen molar-refractivity contribution in [2.45, 2.75) is 4.90 Å². The number of para-hydroxylation sites is 1. The Morgan fingerprint density at radius 3 is 2.32 bits per heavy atom. The molecule has 0 fully saturated rings. The van der Waals surface area contributed by atoms with E-state index < -0.39 is 9.84 Å². The molecule has 2 aromatic rings. The highest BCUT2D eigenvalue weighted by Gasteiger charge is 2.14. The van der Waals surface area contributed by atoms with Crippen molar-refractivity contribution in [3.05, 3.63) is 48.3 Å². The van der Waals surface area contributed by atoms with E-state index >= 15 is 0 Å². The van der Waals surface area contributed by atoms with E-state index in [9.17, 15) is 12.8 Å². The van der Waals surface area contributed by atoms with E-state index in [4.69, 9.17) is 5.73 Å². The summed E-state index contributed by atoms with van der Waals surface area (Å²) in [7, 11) is -3.38. The van der Waals surface area contributed by atoms with Gasteiger partial charge in [0.2, 0.25) is 0 Å². The summed E-state index contributed by atoms with van der Waals surface area (Å²) in [5.41, 5.74) is 7.07. The second-order valence-corrected chi connectivity index (χ2v) is 6.11. The van der Waals surface area contributed by atoms with Gasteiger partial charge in [0.1, 0.15) is 5.82 Å². The van der Waals surface area contributed by atoms with Crippen LogP contribution in [0, 0.1) is 5.82 Å².